The summed E-state index contributed by atoms with van der Waals surface area (Å²) in [6, 6.07) is 8.81. The van der Waals surface area contributed by atoms with Crippen LogP contribution in [0.25, 0.3) is 0 Å². The second-order valence-corrected chi connectivity index (χ2v) is 4.44. The fourth-order valence-electron chi connectivity index (χ4n) is 1.58. The van der Waals surface area contributed by atoms with Gasteiger partial charge in [-0.05, 0) is 39.9 Å². The zero-order chi connectivity index (χ0) is 10.8. The van der Waals surface area contributed by atoms with Gasteiger partial charge in [0.2, 0.25) is 0 Å². The monoisotopic (exact) mass is 191 g/mol. The molecule has 0 saturated carbocycles. The van der Waals surface area contributed by atoms with Gasteiger partial charge in [-0.25, -0.2) is 0 Å². The van der Waals surface area contributed by atoms with E-state index in [9.17, 15) is 0 Å². The third kappa shape index (κ3) is 2.16. The Bertz CT molecular complexity index is 285. The van der Waals surface area contributed by atoms with Gasteiger partial charge in [-0.3, -0.25) is 4.90 Å². The van der Waals surface area contributed by atoms with Gasteiger partial charge in [0.15, 0.2) is 0 Å². The Morgan fingerprint density at radius 1 is 1.14 bits per heavy atom. The molecule has 0 heterocycles. The molecule has 0 amide bonds. The molecule has 0 saturated heterocycles. The summed E-state index contributed by atoms with van der Waals surface area (Å²) in [5.74, 6) is 0. The highest BCUT2D eigenvalue weighted by Crippen LogP contribution is 2.26. The number of nitrogens with zero attached hydrogens (tertiary/aromatic N) is 1. The minimum atomic E-state index is 0.127. The molecule has 0 N–H and O–H groups in total. The number of benzene rings is 1. The molecule has 0 spiro atoms. The van der Waals surface area contributed by atoms with E-state index >= 15 is 0 Å². The van der Waals surface area contributed by atoms with Gasteiger partial charge >= 0.3 is 0 Å². The lowest BCUT2D eigenvalue weighted by atomic mass is 9.92. The van der Waals surface area contributed by atoms with Gasteiger partial charge in [0, 0.05) is 5.54 Å². The molecule has 1 heteroatoms. The highest BCUT2D eigenvalue weighted by atomic mass is 15.2. The van der Waals surface area contributed by atoms with E-state index in [1.807, 2.05) is 0 Å². The Balaban J connectivity index is 2.97. The number of hydrogen-bond donors (Lipinski definition) is 0. The van der Waals surface area contributed by atoms with E-state index in [1.165, 1.54) is 11.1 Å². The molecule has 1 aromatic rings. The molecule has 1 nitrogen and oxygen atoms in total. The molecule has 0 fully saturated rings. The molecule has 1 aromatic carbocycles. The molecule has 0 aromatic heterocycles. The molecule has 0 aliphatic heterocycles. The molecule has 0 bridgehead atoms. The zero-order valence-corrected chi connectivity index (χ0v) is 9.96. The number of hydrogen-bond acceptors (Lipinski definition) is 1. The fraction of sp³-hybridized carbons (Fsp3) is 0.538. The molecule has 14 heavy (non-hydrogen) atoms. The highest BCUT2D eigenvalue weighted by molar-refractivity contribution is 5.26. The van der Waals surface area contributed by atoms with E-state index in [2.05, 4.69) is 63.9 Å². The Labute approximate surface area is 87.7 Å². The van der Waals surface area contributed by atoms with Crippen LogP contribution in [0, 0.1) is 6.92 Å². The zero-order valence-electron chi connectivity index (χ0n) is 9.96. The predicted molar refractivity (Wildman–Crippen MR) is 62.5 cm³/mol. The summed E-state index contributed by atoms with van der Waals surface area (Å²) in [7, 11) is 2.17. The normalized spacial score (nSPS) is 12.1. The maximum atomic E-state index is 2.36. The van der Waals surface area contributed by atoms with Crippen LogP contribution in [0.5, 0.6) is 0 Å². The van der Waals surface area contributed by atoms with Crippen molar-refractivity contribution in [3.05, 3.63) is 35.4 Å². The minimum Gasteiger partial charge on any atom is -0.297 e. The quantitative estimate of drug-likeness (QED) is 0.709. The van der Waals surface area contributed by atoms with E-state index in [1.54, 1.807) is 0 Å². The van der Waals surface area contributed by atoms with E-state index in [4.69, 9.17) is 0 Å². The SMILES string of the molecule is CCN(C)C(C)(C)c1ccc(C)cc1. The van der Waals surface area contributed by atoms with Crippen molar-refractivity contribution in [1.29, 1.82) is 0 Å². The third-order valence-electron chi connectivity index (χ3n) is 3.19. The van der Waals surface area contributed by atoms with Crippen LogP contribution in [0.4, 0.5) is 0 Å². The Morgan fingerprint density at radius 2 is 1.64 bits per heavy atom. The lowest BCUT2D eigenvalue weighted by Crippen LogP contribution is -2.38. The van der Waals surface area contributed by atoms with Crippen LogP contribution in [0.3, 0.4) is 0 Å². The van der Waals surface area contributed by atoms with Crippen LogP contribution in [-0.4, -0.2) is 18.5 Å². The van der Waals surface area contributed by atoms with E-state index in [0.717, 1.165) is 6.54 Å². The van der Waals surface area contributed by atoms with Crippen molar-refractivity contribution in [3.63, 3.8) is 0 Å². The molecular weight excluding hydrogens is 170 g/mol. The first kappa shape index (κ1) is 11.3. The van der Waals surface area contributed by atoms with Crippen LogP contribution in [0.2, 0.25) is 0 Å². The first-order chi connectivity index (χ1) is 6.48. The molecular formula is C13H21N. The second-order valence-electron chi connectivity index (χ2n) is 4.44. The molecule has 0 radical (unpaired) electrons. The smallest absolute Gasteiger partial charge is 0.0401 e. The average Bonchev–Trinajstić information content (AvgIpc) is 2.17. The lowest BCUT2D eigenvalue weighted by Gasteiger charge is -2.35. The van der Waals surface area contributed by atoms with Gasteiger partial charge in [0.05, 0.1) is 0 Å². The summed E-state index contributed by atoms with van der Waals surface area (Å²) in [5, 5.41) is 0. The van der Waals surface area contributed by atoms with Gasteiger partial charge in [-0.1, -0.05) is 36.8 Å². The Morgan fingerprint density at radius 3 is 2.07 bits per heavy atom. The van der Waals surface area contributed by atoms with Crippen LogP contribution in [0.15, 0.2) is 24.3 Å². The average molecular weight is 191 g/mol. The van der Waals surface area contributed by atoms with Crippen LogP contribution in [-0.2, 0) is 5.54 Å². The maximum absolute atomic E-state index is 2.36. The molecule has 1 rings (SSSR count). The van der Waals surface area contributed by atoms with Crippen molar-refractivity contribution in [3.8, 4) is 0 Å². The predicted octanol–water partition coefficient (Wildman–Crippen LogP) is 3.18. The second kappa shape index (κ2) is 4.14. The molecule has 0 atom stereocenters. The van der Waals surface area contributed by atoms with Crippen LogP contribution < -0.4 is 0 Å². The van der Waals surface area contributed by atoms with Crippen molar-refractivity contribution in [1.82, 2.24) is 4.90 Å². The van der Waals surface area contributed by atoms with E-state index < -0.39 is 0 Å². The van der Waals surface area contributed by atoms with Crippen molar-refractivity contribution >= 4 is 0 Å². The standard InChI is InChI=1S/C13H21N/c1-6-14(5)13(3,4)12-9-7-11(2)8-10-12/h7-10H,6H2,1-5H3. The summed E-state index contributed by atoms with van der Waals surface area (Å²) in [6.45, 7) is 9.92. The fourth-order valence-corrected chi connectivity index (χ4v) is 1.58. The largest absolute Gasteiger partial charge is 0.297 e. The number of rotatable bonds is 3. The summed E-state index contributed by atoms with van der Waals surface area (Å²) >= 11 is 0. The summed E-state index contributed by atoms with van der Waals surface area (Å²) in [6.07, 6.45) is 0. The molecule has 0 aliphatic rings. The summed E-state index contributed by atoms with van der Waals surface area (Å²) in [4.78, 5) is 2.36. The minimum absolute atomic E-state index is 0.127. The van der Waals surface area contributed by atoms with Gasteiger partial charge < -0.3 is 0 Å². The van der Waals surface area contributed by atoms with Crippen molar-refractivity contribution in [2.45, 2.75) is 33.2 Å². The van der Waals surface area contributed by atoms with Crippen LogP contribution in [0.1, 0.15) is 31.9 Å². The first-order valence-corrected chi connectivity index (χ1v) is 5.27. The Hall–Kier alpha value is -0.820. The van der Waals surface area contributed by atoms with Gasteiger partial charge in [0.25, 0.3) is 0 Å². The molecule has 0 unspecified atom stereocenters. The maximum Gasteiger partial charge on any atom is 0.0401 e. The third-order valence-corrected chi connectivity index (χ3v) is 3.19. The van der Waals surface area contributed by atoms with Gasteiger partial charge in [-0.2, -0.15) is 0 Å². The van der Waals surface area contributed by atoms with Crippen molar-refractivity contribution < 1.29 is 0 Å². The van der Waals surface area contributed by atoms with Crippen molar-refractivity contribution in [2.24, 2.45) is 0 Å². The first-order valence-electron chi connectivity index (χ1n) is 5.27. The number of aryl methyl sites for hydroxylation is 1. The molecule has 0 aliphatic carbocycles. The lowest BCUT2D eigenvalue weighted by molar-refractivity contribution is 0.165. The van der Waals surface area contributed by atoms with Gasteiger partial charge in [-0.15, -0.1) is 0 Å². The van der Waals surface area contributed by atoms with Crippen molar-refractivity contribution in [2.75, 3.05) is 13.6 Å². The van der Waals surface area contributed by atoms with Gasteiger partial charge in [0.1, 0.15) is 0 Å². The van der Waals surface area contributed by atoms with E-state index in [0.29, 0.717) is 0 Å². The van der Waals surface area contributed by atoms with Crippen LogP contribution >= 0.6 is 0 Å². The summed E-state index contributed by atoms with van der Waals surface area (Å²) < 4.78 is 0. The topological polar surface area (TPSA) is 3.24 Å². The summed E-state index contributed by atoms with van der Waals surface area (Å²) in [5.41, 5.74) is 2.83. The molecule has 78 valence electrons. The highest BCUT2D eigenvalue weighted by Gasteiger charge is 2.23. The van der Waals surface area contributed by atoms with E-state index in [-0.39, 0.29) is 5.54 Å². The Kier molecular flexibility index (Phi) is 3.33.